The topological polar surface area (TPSA) is 37.3 Å². The number of allylic oxidation sites excluding steroid dienone is 4. The van der Waals surface area contributed by atoms with Gasteiger partial charge in [-0.15, -0.1) is 0 Å². The maximum Gasteiger partial charge on any atom is 0.167 e. The lowest BCUT2D eigenvalue weighted by atomic mass is 9.61. The molecule has 2 heteroatoms. The standard InChI is InChI=1S/C31H48O2/c1-14-30(10,11)23-18-20(17-22(26(23)32)29(7,8)9)24-19(3)16-21(28(4,5)6)27(33)25(24)31(12,13)15-2/h16-18,25,32H,14-15H2,1-13H3. The molecule has 1 aromatic carbocycles. The maximum absolute atomic E-state index is 14.0. The predicted octanol–water partition coefficient (Wildman–Crippen LogP) is 8.76. The minimum atomic E-state index is -0.214. The van der Waals surface area contributed by atoms with E-state index in [1.807, 2.05) is 0 Å². The van der Waals surface area contributed by atoms with Crippen molar-refractivity contribution in [2.45, 2.75) is 114 Å². The Hall–Kier alpha value is -1.83. The number of ketones is 1. The molecule has 0 spiro atoms. The van der Waals surface area contributed by atoms with Crippen LogP contribution in [0.1, 0.15) is 120 Å². The van der Waals surface area contributed by atoms with Crippen molar-refractivity contribution in [2.75, 3.05) is 0 Å². The molecule has 0 saturated heterocycles. The third-order valence-corrected chi connectivity index (χ3v) is 7.94. The normalized spacial score (nSPS) is 18.6. The number of carbonyl (C=O) groups excluding carboxylic acids is 1. The number of aromatic hydroxyl groups is 1. The highest BCUT2D eigenvalue weighted by Crippen LogP contribution is 2.51. The van der Waals surface area contributed by atoms with Crippen molar-refractivity contribution in [3.63, 3.8) is 0 Å². The molecule has 0 amide bonds. The zero-order chi connectivity index (χ0) is 25.7. The van der Waals surface area contributed by atoms with Crippen molar-refractivity contribution in [3.05, 3.63) is 46.0 Å². The van der Waals surface area contributed by atoms with Gasteiger partial charge in [0.2, 0.25) is 0 Å². The third kappa shape index (κ3) is 5.15. The first-order valence-electron chi connectivity index (χ1n) is 12.6. The Kier molecular flexibility index (Phi) is 7.27. The molecule has 0 saturated carbocycles. The Morgan fingerprint density at radius 1 is 0.818 bits per heavy atom. The van der Waals surface area contributed by atoms with Crippen LogP contribution in [0.3, 0.4) is 0 Å². The van der Waals surface area contributed by atoms with Gasteiger partial charge in [0.1, 0.15) is 5.75 Å². The Morgan fingerprint density at radius 3 is 1.76 bits per heavy atom. The van der Waals surface area contributed by atoms with Gasteiger partial charge in [0.15, 0.2) is 5.78 Å². The van der Waals surface area contributed by atoms with E-state index in [1.54, 1.807) is 0 Å². The van der Waals surface area contributed by atoms with Crippen LogP contribution in [0.2, 0.25) is 0 Å². The van der Waals surface area contributed by atoms with E-state index >= 15 is 0 Å². The van der Waals surface area contributed by atoms with Gasteiger partial charge < -0.3 is 5.11 Å². The van der Waals surface area contributed by atoms with Crippen LogP contribution in [0.5, 0.6) is 5.75 Å². The highest BCUT2D eigenvalue weighted by atomic mass is 16.3. The van der Waals surface area contributed by atoms with Crippen LogP contribution in [0.15, 0.2) is 29.4 Å². The van der Waals surface area contributed by atoms with Gasteiger partial charge in [-0.05, 0) is 70.3 Å². The second kappa shape index (κ2) is 8.75. The van der Waals surface area contributed by atoms with Gasteiger partial charge in [-0.25, -0.2) is 0 Å². The Bertz CT molecular complexity index is 985. The molecule has 0 fully saturated rings. The van der Waals surface area contributed by atoms with E-state index in [0.717, 1.165) is 46.3 Å². The monoisotopic (exact) mass is 452 g/mol. The summed E-state index contributed by atoms with van der Waals surface area (Å²) in [5.41, 5.74) is 5.43. The van der Waals surface area contributed by atoms with E-state index in [-0.39, 0.29) is 33.4 Å². The van der Waals surface area contributed by atoms with Crippen LogP contribution < -0.4 is 0 Å². The van der Waals surface area contributed by atoms with Gasteiger partial charge in [-0.2, -0.15) is 0 Å². The number of benzene rings is 1. The number of Topliss-reactive ketones (excluding diaryl/α,β-unsaturated/α-hetero) is 1. The van der Waals surface area contributed by atoms with Gasteiger partial charge in [0.25, 0.3) is 0 Å². The molecule has 1 unspecified atom stereocenters. The van der Waals surface area contributed by atoms with Crippen molar-refractivity contribution in [2.24, 2.45) is 16.7 Å². The fraction of sp³-hybridized carbons (Fsp3) is 0.645. The molecule has 1 aromatic rings. The summed E-state index contributed by atoms with van der Waals surface area (Å²) in [6.07, 6.45) is 3.95. The molecule has 33 heavy (non-hydrogen) atoms. The van der Waals surface area contributed by atoms with E-state index < -0.39 is 0 Å². The fourth-order valence-electron chi connectivity index (χ4n) is 4.88. The van der Waals surface area contributed by atoms with Crippen molar-refractivity contribution in [1.82, 2.24) is 0 Å². The molecule has 0 radical (unpaired) electrons. The van der Waals surface area contributed by atoms with Gasteiger partial charge in [-0.1, -0.05) is 89.2 Å². The molecule has 2 rings (SSSR count). The van der Waals surface area contributed by atoms with Crippen LogP contribution in [-0.4, -0.2) is 10.9 Å². The van der Waals surface area contributed by atoms with Crippen molar-refractivity contribution in [3.8, 4) is 5.75 Å². The van der Waals surface area contributed by atoms with E-state index in [2.05, 4.69) is 108 Å². The first-order chi connectivity index (χ1) is 14.8. The second-order valence-corrected chi connectivity index (χ2v) is 13.5. The average molecular weight is 453 g/mol. The summed E-state index contributed by atoms with van der Waals surface area (Å²) in [5.74, 6) is 0.434. The van der Waals surface area contributed by atoms with E-state index in [1.165, 1.54) is 0 Å². The lowest BCUT2D eigenvalue weighted by Crippen LogP contribution is -2.38. The highest BCUT2D eigenvalue weighted by molar-refractivity contribution is 6.09. The van der Waals surface area contributed by atoms with Crippen molar-refractivity contribution >= 4 is 11.4 Å². The maximum atomic E-state index is 14.0. The molecular formula is C31H48O2. The molecule has 1 aliphatic rings. The van der Waals surface area contributed by atoms with Crippen LogP contribution in [0.4, 0.5) is 0 Å². The molecule has 184 valence electrons. The van der Waals surface area contributed by atoms with E-state index in [4.69, 9.17) is 0 Å². The number of hydrogen-bond donors (Lipinski definition) is 1. The number of hydrogen-bond acceptors (Lipinski definition) is 2. The summed E-state index contributed by atoms with van der Waals surface area (Å²) in [6, 6.07) is 4.31. The quantitative estimate of drug-likeness (QED) is 0.485. The lowest BCUT2D eigenvalue weighted by Gasteiger charge is -2.41. The van der Waals surface area contributed by atoms with Crippen LogP contribution >= 0.6 is 0 Å². The fourth-order valence-corrected chi connectivity index (χ4v) is 4.88. The second-order valence-electron chi connectivity index (χ2n) is 13.5. The average Bonchev–Trinajstić information content (AvgIpc) is 2.67. The summed E-state index contributed by atoms with van der Waals surface area (Å²) < 4.78 is 0. The van der Waals surface area contributed by atoms with Crippen LogP contribution in [0.25, 0.3) is 5.57 Å². The van der Waals surface area contributed by atoms with Crippen LogP contribution in [-0.2, 0) is 15.6 Å². The predicted molar refractivity (Wildman–Crippen MR) is 143 cm³/mol. The summed E-state index contributed by atoms with van der Waals surface area (Å²) in [4.78, 5) is 14.0. The Morgan fingerprint density at radius 2 is 1.33 bits per heavy atom. The molecule has 1 N–H and O–H groups in total. The zero-order valence-corrected chi connectivity index (χ0v) is 23.6. The van der Waals surface area contributed by atoms with Crippen molar-refractivity contribution in [1.29, 1.82) is 0 Å². The summed E-state index contributed by atoms with van der Waals surface area (Å²) in [7, 11) is 0. The van der Waals surface area contributed by atoms with E-state index in [0.29, 0.717) is 5.75 Å². The van der Waals surface area contributed by atoms with Gasteiger partial charge >= 0.3 is 0 Å². The highest BCUT2D eigenvalue weighted by Gasteiger charge is 2.44. The van der Waals surface area contributed by atoms with Gasteiger partial charge in [-0.3, -0.25) is 4.79 Å². The molecule has 0 aliphatic heterocycles. The van der Waals surface area contributed by atoms with Crippen LogP contribution in [0, 0.1) is 16.7 Å². The van der Waals surface area contributed by atoms with E-state index in [9.17, 15) is 9.90 Å². The number of phenolic OH excluding ortho intramolecular Hbond substituents is 1. The minimum Gasteiger partial charge on any atom is -0.507 e. The third-order valence-electron chi connectivity index (χ3n) is 7.94. The smallest absolute Gasteiger partial charge is 0.167 e. The molecule has 0 heterocycles. The van der Waals surface area contributed by atoms with Gasteiger partial charge in [0.05, 0.1) is 5.92 Å². The molecular weight excluding hydrogens is 404 g/mol. The molecule has 1 aliphatic carbocycles. The Balaban J connectivity index is 3.01. The number of carbonyl (C=O) groups is 1. The Labute approximate surface area is 203 Å². The lowest BCUT2D eigenvalue weighted by molar-refractivity contribution is -0.121. The minimum absolute atomic E-state index is 0.171. The van der Waals surface area contributed by atoms with Crippen molar-refractivity contribution < 1.29 is 9.90 Å². The first-order valence-corrected chi connectivity index (χ1v) is 12.6. The molecule has 1 atom stereocenters. The molecule has 0 bridgehead atoms. The first kappa shape index (κ1) is 27.4. The summed E-state index contributed by atoms with van der Waals surface area (Å²) in [5, 5.41) is 11.4. The van der Waals surface area contributed by atoms with Gasteiger partial charge in [0, 0.05) is 16.7 Å². The number of phenols is 1. The SMILES string of the molecule is CCC(C)(C)c1cc(C2=C(C)C=C(C(C)(C)C)C(=O)C2C(C)(C)CC)cc(C(C)(C)C)c1O. The molecule has 0 aromatic heterocycles. The zero-order valence-electron chi connectivity index (χ0n) is 23.6. The molecule has 2 nitrogen and oxygen atoms in total. The summed E-state index contributed by atoms with van der Waals surface area (Å²) >= 11 is 0. The largest absolute Gasteiger partial charge is 0.507 e. The number of rotatable bonds is 5. The summed E-state index contributed by atoms with van der Waals surface area (Å²) in [6.45, 7) is 28.1.